The quantitative estimate of drug-likeness (QED) is 0.493. The van der Waals surface area contributed by atoms with Crippen molar-refractivity contribution in [1.82, 2.24) is 10.4 Å². The van der Waals surface area contributed by atoms with Crippen molar-refractivity contribution in [3.63, 3.8) is 0 Å². The van der Waals surface area contributed by atoms with Crippen LogP contribution < -0.4 is 5.43 Å². The summed E-state index contributed by atoms with van der Waals surface area (Å²) in [5.74, 6) is 0. The van der Waals surface area contributed by atoms with E-state index in [1.165, 1.54) is 0 Å². The summed E-state index contributed by atoms with van der Waals surface area (Å²) >= 11 is 0. The topological polar surface area (TPSA) is 27.6 Å². The van der Waals surface area contributed by atoms with Crippen LogP contribution in [0.5, 0.6) is 0 Å². The molecule has 0 bridgehead atoms. The summed E-state index contributed by atoms with van der Waals surface area (Å²) < 4.78 is 0. The van der Waals surface area contributed by atoms with Crippen LogP contribution >= 0.6 is 0 Å². The lowest BCUT2D eigenvalue weighted by molar-refractivity contribution is 0.283. The number of hydrogen-bond acceptors (Lipinski definition) is 3. The fourth-order valence-corrected chi connectivity index (χ4v) is 0.494. The Balaban J connectivity index is 2.22. The van der Waals surface area contributed by atoms with Gasteiger partial charge in [0.05, 0.1) is 6.34 Å². The predicted molar refractivity (Wildman–Crippen MR) is 28.9 cm³/mol. The van der Waals surface area contributed by atoms with E-state index in [9.17, 15) is 0 Å². The molecule has 0 fully saturated rings. The van der Waals surface area contributed by atoms with Crippen molar-refractivity contribution in [2.75, 3.05) is 13.2 Å². The average molecular weight is 99.1 g/mol. The molecule has 0 aromatic carbocycles. The van der Waals surface area contributed by atoms with Gasteiger partial charge in [-0.25, -0.2) is 5.01 Å². The second kappa shape index (κ2) is 1.93. The van der Waals surface area contributed by atoms with E-state index in [4.69, 9.17) is 0 Å². The van der Waals surface area contributed by atoms with Gasteiger partial charge in [0, 0.05) is 6.54 Å². The summed E-state index contributed by atoms with van der Waals surface area (Å²) in [5, 5.41) is 2.01. The van der Waals surface area contributed by atoms with Gasteiger partial charge in [-0.05, 0) is 0 Å². The van der Waals surface area contributed by atoms with Crippen molar-refractivity contribution < 1.29 is 0 Å². The molecule has 0 unspecified atom stereocenters. The first kappa shape index (κ1) is 4.59. The summed E-state index contributed by atoms with van der Waals surface area (Å²) in [6, 6.07) is 0. The number of aliphatic imine (C=N–C) groups is 1. The molecule has 0 atom stereocenters. The Kier molecular flexibility index (Phi) is 1.26. The third-order valence-electron chi connectivity index (χ3n) is 0.966. The van der Waals surface area contributed by atoms with Gasteiger partial charge in [0.25, 0.3) is 0 Å². The molecule has 0 amide bonds. The molecule has 0 aliphatic carbocycles. The van der Waals surface area contributed by atoms with Crippen molar-refractivity contribution in [2.45, 2.75) is 6.92 Å². The van der Waals surface area contributed by atoms with E-state index in [1.54, 1.807) is 6.34 Å². The summed E-state index contributed by atoms with van der Waals surface area (Å²) in [5.41, 5.74) is 2.95. The zero-order chi connectivity index (χ0) is 5.11. The van der Waals surface area contributed by atoms with Crippen LogP contribution in [0.2, 0.25) is 0 Å². The highest BCUT2D eigenvalue weighted by Crippen LogP contribution is 1.84. The minimum atomic E-state index is 0.802. The van der Waals surface area contributed by atoms with Gasteiger partial charge in [0.2, 0.25) is 0 Å². The number of hydrogen-bond donors (Lipinski definition) is 1. The SMILES string of the molecule is CCN1CN=CN1. The Hall–Kier alpha value is -0.570. The summed E-state index contributed by atoms with van der Waals surface area (Å²) in [7, 11) is 0. The molecule has 7 heavy (non-hydrogen) atoms. The Morgan fingerprint density at radius 2 is 2.86 bits per heavy atom. The van der Waals surface area contributed by atoms with Crippen molar-refractivity contribution in [2.24, 2.45) is 4.99 Å². The monoisotopic (exact) mass is 99.1 g/mol. The van der Waals surface area contributed by atoms with E-state index in [-0.39, 0.29) is 0 Å². The number of rotatable bonds is 1. The molecule has 1 N–H and O–H groups in total. The third-order valence-corrected chi connectivity index (χ3v) is 0.966. The van der Waals surface area contributed by atoms with Crippen molar-refractivity contribution >= 4 is 6.34 Å². The molecule has 1 aliphatic rings. The molecule has 3 heteroatoms. The normalized spacial score (nSPS) is 20.1. The summed E-state index contributed by atoms with van der Waals surface area (Å²) in [6.07, 6.45) is 1.71. The number of nitrogens with one attached hydrogen (secondary N) is 1. The largest absolute Gasteiger partial charge is 0.308 e. The van der Waals surface area contributed by atoms with Gasteiger partial charge in [0.1, 0.15) is 6.67 Å². The minimum Gasteiger partial charge on any atom is -0.308 e. The van der Waals surface area contributed by atoms with Gasteiger partial charge in [-0.2, -0.15) is 0 Å². The lowest BCUT2D eigenvalue weighted by Gasteiger charge is -2.08. The lowest BCUT2D eigenvalue weighted by atomic mass is 10.7. The maximum atomic E-state index is 3.93. The molecule has 1 rings (SSSR count). The fourth-order valence-electron chi connectivity index (χ4n) is 0.494. The summed E-state index contributed by atoms with van der Waals surface area (Å²) in [4.78, 5) is 3.93. The third kappa shape index (κ3) is 0.899. The fraction of sp³-hybridized carbons (Fsp3) is 0.750. The Bertz CT molecular complexity index is 71.0. The predicted octanol–water partition coefficient (Wildman–Crippen LogP) is -0.188. The van der Waals surface area contributed by atoms with Gasteiger partial charge in [-0.3, -0.25) is 4.99 Å². The highest BCUT2D eigenvalue weighted by atomic mass is 15.6. The molecule has 1 heterocycles. The van der Waals surface area contributed by atoms with Crippen LogP contribution in [0.4, 0.5) is 0 Å². The Morgan fingerprint density at radius 3 is 3.14 bits per heavy atom. The van der Waals surface area contributed by atoms with Crippen LogP contribution in [0, 0.1) is 0 Å². The number of hydrazine groups is 1. The standard InChI is InChI=1S/C4H9N3/c1-2-7-4-5-3-6-7/h3H,2,4H2,1H3,(H,5,6). The van der Waals surface area contributed by atoms with Gasteiger partial charge in [-0.15, -0.1) is 0 Å². The summed E-state index contributed by atoms with van der Waals surface area (Å²) in [6.45, 7) is 3.90. The van der Waals surface area contributed by atoms with Crippen LogP contribution in [0.25, 0.3) is 0 Å². The van der Waals surface area contributed by atoms with E-state index in [2.05, 4.69) is 17.3 Å². The second-order valence-electron chi connectivity index (χ2n) is 1.44. The Labute approximate surface area is 43.0 Å². The van der Waals surface area contributed by atoms with Crippen LogP contribution in [-0.4, -0.2) is 24.6 Å². The molecule has 0 aromatic heterocycles. The molecule has 1 aliphatic heterocycles. The highest BCUT2D eigenvalue weighted by Gasteiger charge is 1.99. The van der Waals surface area contributed by atoms with Gasteiger partial charge in [-0.1, -0.05) is 6.92 Å². The molecular weight excluding hydrogens is 90.1 g/mol. The molecule has 0 saturated heterocycles. The van der Waals surface area contributed by atoms with E-state index < -0.39 is 0 Å². The van der Waals surface area contributed by atoms with E-state index in [1.807, 2.05) is 5.01 Å². The molecule has 0 aromatic rings. The highest BCUT2D eigenvalue weighted by molar-refractivity contribution is 5.54. The van der Waals surface area contributed by atoms with E-state index in [0.717, 1.165) is 13.2 Å². The van der Waals surface area contributed by atoms with E-state index >= 15 is 0 Å². The maximum absolute atomic E-state index is 3.93. The minimum absolute atomic E-state index is 0.802. The molecule has 0 spiro atoms. The lowest BCUT2D eigenvalue weighted by Crippen LogP contribution is -2.31. The zero-order valence-corrected chi connectivity index (χ0v) is 4.39. The van der Waals surface area contributed by atoms with Crippen molar-refractivity contribution in [3.8, 4) is 0 Å². The first-order chi connectivity index (χ1) is 3.43. The first-order valence-corrected chi connectivity index (χ1v) is 2.43. The Morgan fingerprint density at radius 1 is 2.00 bits per heavy atom. The molecule has 3 nitrogen and oxygen atoms in total. The smallest absolute Gasteiger partial charge is 0.110 e. The van der Waals surface area contributed by atoms with Crippen molar-refractivity contribution in [3.05, 3.63) is 0 Å². The molecule has 0 saturated carbocycles. The van der Waals surface area contributed by atoms with Gasteiger partial charge in [0.15, 0.2) is 0 Å². The van der Waals surface area contributed by atoms with Crippen molar-refractivity contribution in [1.29, 1.82) is 0 Å². The zero-order valence-electron chi connectivity index (χ0n) is 4.39. The van der Waals surface area contributed by atoms with Crippen LogP contribution in [-0.2, 0) is 0 Å². The average Bonchev–Trinajstić information content (AvgIpc) is 2.14. The maximum Gasteiger partial charge on any atom is 0.110 e. The first-order valence-electron chi connectivity index (χ1n) is 2.43. The van der Waals surface area contributed by atoms with Crippen LogP contribution in [0.1, 0.15) is 6.92 Å². The van der Waals surface area contributed by atoms with Crippen LogP contribution in [0.3, 0.4) is 0 Å². The van der Waals surface area contributed by atoms with E-state index in [0.29, 0.717) is 0 Å². The molecule has 0 radical (unpaired) electrons. The molecular formula is C4H9N3. The number of nitrogens with zero attached hydrogens (tertiary/aromatic N) is 2. The van der Waals surface area contributed by atoms with Gasteiger partial charge < -0.3 is 5.43 Å². The second-order valence-corrected chi connectivity index (χ2v) is 1.44. The molecule has 40 valence electrons. The van der Waals surface area contributed by atoms with Crippen LogP contribution in [0.15, 0.2) is 4.99 Å². The van der Waals surface area contributed by atoms with Gasteiger partial charge >= 0.3 is 0 Å².